The van der Waals surface area contributed by atoms with Gasteiger partial charge in [0.1, 0.15) is 4.90 Å². The van der Waals surface area contributed by atoms with Gasteiger partial charge in [-0.3, -0.25) is 0 Å². The molecule has 0 atom stereocenters. The quantitative estimate of drug-likeness (QED) is 0.885. The van der Waals surface area contributed by atoms with Gasteiger partial charge in [0.15, 0.2) is 0 Å². The van der Waals surface area contributed by atoms with Crippen molar-refractivity contribution in [3.63, 3.8) is 0 Å². The van der Waals surface area contributed by atoms with E-state index < -0.39 is 10.0 Å². The topological polar surface area (TPSA) is 57.6 Å². The van der Waals surface area contributed by atoms with Crippen LogP contribution in [-0.4, -0.2) is 30.9 Å². The predicted octanol–water partition coefficient (Wildman–Crippen LogP) is 2.34. The molecular formula is C14H15NO3S2. The van der Waals surface area contributed by atoms with Gasteiger partial charge in [0.2, 0.25) is 10.0 Å². The van der Waals surface area contributed by atoms with E-state index in [1.54, 1.807) is 6.07 Å². The molecule has 0 aliphatic carbocycles. The molecular weight excluding hydrogens is 294 g/mol. The molecule has 1 aliphatic heterocycles. The summed E-state index contributed by atoms with van der Waals surface area (Å²) in [5.41, 5.74) is 0. The lowest BCUT2D eigenvalue weighted by Crippen LogP contribution is -2.34. The average Bonchev–Trinajstić information content (AvgIpc) is 2.87. The van der Waals surface area contributed by atoms with Crippen molar-refractivity contribution < 1.29 is 13.5 Å². The van der Waals surface area contributed by atoms with Crippen LogP contribution in [0.4, 0.5) is 0 Å². The molecule has 0 saturated heterocycles. The molecule has 2 heterocycles. The summed E-state index contributed by atoms with van der Waals surface area (Å²) < 4.78 is 28.0. The van der Waals surface area contributed by atoms with Gasteiger partial charge in [0.25, 0.3) is 0 Å². The van der Waals surface area contributed by atoms with E-state index in [1.807, 2.05) is 30.4 Å². The van der Waals surface area contributed by atoms with Crippen molar-refractivity contribution in [3.8, 4) is 0 Å². The fraction of sp³-hybridized carbons (Fsp3) is 0.286. The SMILES string of the molecule is O=S(=O)(c1c(CO)sc2ccccc12)N1CC=CCC1. The standard InChI is InChI=1S/C14H15NO3S2/c16-10-13-14(11-6-2-3-7-12(11)19-13)20(17,18)15-8-4-1-5-9-15/h1-4,6-7,16H,5,8-10H2. The summed E-state index contributed by atoms with van der Waals surface area (Å²) in [7, 11) is -3.56. The molecule has 0 bridgehead atoms. The molecule has 0 amide bonds. The minimum absolute atomic E-state index is 0.252. The molecule has 1 N–H and O–H groups in total. The van der Waals surface area contributed by atoms with Crippen molar-refractivity contribution in [1.29, 1.82) is 0 Å². The number of fused-ring (bicyclic) bond motifs is 1. The van der Waals surface area contributed by atoms with E-state index in [1.165, 1.54) is 15.6 Å². The summed E-state index contributed by atoms with van der Waals surface area (Å²) in [6.45, 7) is 0.642. The van der Waals surface area contributed by atoms with Gasteiger partial charge in [-0.25, -0.2) is 8.42 Å². The molecule has 0 saturated carbocycles. The molecule has 6 heteroatoms. The smallest absolute Gasteiger partial charge is 0.245 e. The fourth-order valence-electron chi connectivity index (χ4n) is 2.43. The summed E-state index contributed by atoms with van der Waals surface area (Å²) in [5, 5.41) is 10.2. The van der Waals surface area contributed by atoms with Gasteiger partial charge in [0.05, 0.1) is 11.5 Å². The van der Waals surface area contributed by atoms with Crippen LogP contribution in [-0.2, 0) is 16.6 Å². The number of hydrogen-bond acceptors (Lipinski definition) is 4. The second-order valence-corrected chi connectivity index (χ2v) is 7.64. The van der Waals surface area contributed by atoms with Crippen LogP contribution in [0.1, 0.15) is 11.3 Å². The van der Waals surface area contributed by atoms with Gasteiger partial charge < -0.3 is 5.11 Å². The Morgan fingerprint density at radius 2 is 2.05 bits per heavy atom. The minimum atomic E-state index is -3.56. The maximum atomic E-state index is 12.8. The molecule has 1 aromatic carbocycles. The fourth-order valence-corrected chi connectivity index (χ4v) is 5.59. The van der Waals surface area contributed by atoms with Crippen LogP contribution in [0.25, 0.3) is 10.1 Å². The molecule has 1 aliphatic rings. The van der Waals surface area contributed by atoms with Gasteiger partial charge in [-0.1, -0.05) is 30.4 Å². The van der Waals surface area contributed by atoms with Crippen molar-refractivity contribution >= 4 is 31.4 Å². The Morgan fingerprint density at radius 1 is 1.25 bits per heavy atom. The Hall–Kier alpha value is -1.21. The summed E-state index contributed by atoms with van der Waals surface area (Å²) >= 11 is 1.34. The van der Waals surface area contributed by atoms with Gasteiger partial charge in [0, 0.05) is 23.2 Å². The van der Waals surface area contributed by atoms with E-state index >= 15 is 0 Å². The van der Waals surface area contributed by atoms with Gasteiger partial charge in [-0.2, -0.15) is 4.31 Å². The van der Waals surface area contributed by atoms with E-state index in [4.69, 9.17) is 0 Å². The molecule has 106 valence electrons. The lowest BCUT2D eigenvalue weighted by atomic mass is 10.2. The monoisotopic (exact) mass is 309 g/mol. The lowest BCUT2D eigenvalue weighted by Gasteiger charge is -2.23. The van der Waals surface area contributed by atoms with Gasteiger partial charge in [-0.05, 0) is 12.5 Å². The van der Waals surface area contributed by atoms with Crippen LogP contribution in [0.5, 0.6) is 0 Å². The maximum absolute atomic E-state index is 12.8. The van der Waals surface area contributed by atoms with Crippen molar-refractivity contribution in [2.45, 2.75) is 17.9 Å². The van der Waals surface area contributed by atoms with E-state index in [0.29, 0.717) is 23.4 Å². The zero-order valence-electron chi connectivity index (χ0n) is 10.8. The molecule has 0 spiro atoms. The van der Waals surface area contributed by atoms with Crippen LogP contribution in [0, 0.1) is 0 Å². The number of thiophene rings is 1. The van der Waals surface area contributed by atoms with Crippen molar-refractivity contribution in [3.05, 3.63) is 41.3 Å². The average molecular weight is 309 g/mol. The summed E-state index contributed by atoms with van der Waals surface area (Å²) in [4.78, 5) is 0.789. The molecule has 2 aromatic rings. The van der Waals surface area contributed by atoms with E-state index in [-0.39, 0.29) is 11.5 Å². The van der Waals surface area contributed by atoms with Crippen LogP contribution in [0.15, 0.2) is 41.3 Å². The molecule has 0 radical (unpaired) electrons. The Kier molecular flexibility index (Phi) is 3.64. The Labute approximate surface area is 122 Å². The molecule has 0 unspecified atom stereocenters. The van der Waals surface area contributed by atoms with Gasteiger partial charge >= 0.3 is 0 Å². The number of rotatable bonds is 3. The van der Waals surface area contributed by atoms with Crippen molar-refractivity contribution in [1.82, 2.24) is 4.31 Å². The maximum Gasteiger partial charge on any atom is 0.245 e. The van der Waals surface area contributed by atoms with E-state index in [9.17, 15) is 13.5 Å². The third-order valence-corrected chi connectivity index (χ3v) is 6.66. The second-order valence-electron chi connectivity index (χ2n) is 4.63. The van der Waals surface area contributed by atoms with Crippen molar-refractivity contribution in [2.24, 2.45) is 0 Å². The molecule has 0 fully saturated rings. The highest BCUT2D eigenvalue weighted by atomic mass is 32.2. The van der Waals surface area contributed by atoms with Crippen LogP contribution >= 0.6 is 11.3 Å². The zero-order valence-corrected chi connectivity index (χ0v) is 12.5. The first-order chi connectivity index (χ1) is 9.64. The minimum Gasteiger partial charge on any atom is -0.391 e. The number of aliphatic hydroxyl groups excluding tert-OH is 1. The Morgan fingerprint density at radius 3 is 2.75 bits per heavy atom. The van der Waals surface area contributed by atoms with Crippen LogP contribution in [0.2, 0.25) is 0 Å². The first-order valence-corrected chi connectivity index (χ1v) is 8.66. The Bertz CT molecular complexity index is 762. The molecule has 20 heavy (non-hydrogen) atoms. The number of nitrogens with zero attached hydrogens (tertiary/aromatic N) is 1. The molecule has 1 aromatic heterocycles. The highest BCUT2D eigenvalue weighted by Crippen LogP contribution is 2.36. The highest BCUT2D eigenvalue weighted by Gasteiger charge is 2.30. The summed E-state index contributed by atoms with van der Waals surface area (Å²) in [6.07, 6.45) is 4.59. The largest absolute Gasteiger partial charge is 0.391 e. The second kappa shape index (κ2) is 5.29. The lowest BCUT2D eigenvalue weighted by molar-refractivity contribution is 0.282. The first-order valence-electron chi connectivity index (χ1n) is 6.41. The zero-order chi connectivity index (χ0) is 14.2. The summed E-state index contributed by atoms with van der Waals surface area (Å²) in [5.74, 6) is 0. The normalized spacial score (nSPS) is 16.9. The number of hydrogen-bond donors (Lipinski definition) is 1. The number of aliphatic hydroxyl groups is 1. The highest BCUT2D eigenvalue weighted by molar-refractivity contribution is 7.89. The summed E-state index contributed by atoms with van der Waals surface area (Å²) in [6, 6.07) is 7.39. The predicted molar refractivity (Wildman–Crippen MR) is 80.3 cm³/mol. The van der Waals surface area contributed by atoms with Crippen LogP contribution in [0.3, 0.4) is 0 Å². The Balaban J connectivity index is 2.19. The number of sulfonamides is 1. The third kappa shape index (κ3) is 2.18. The third-order valence-electron chi connectivity index (χ3n) is 3.38. The van der Waals surface area contributed by atoms with E-state index in [0.717, 1.165) is 11.1 Å². The van der Waals surface area contributed by atoms with Crippen LogP contribution < -0.4 is 0 Å². The molecule has 3 rings (SSSR count). The van der Waals surface area contributed by atoms with Gasteiger partial charge in [-0.15, -0.1) is 11.3 Å². The first kappa shape index (κ1) is 13.8. The van der Waals surface area contributed by atoms with E-state index in [2.05, 4.69) is 0 Å². The molecule has 4 nitrogen and oxygen atoms in total. The van der Waals surface area contributed by atoms with Crippen molar-refractivity contribution in [2.75, 3.05) is 13.1 Å². The number of benzene rings is 1.